The van der Waals surface area contributed by atoms with E-state index >= 15 is 0 Å². The van der Waals surface area contributed by atoms with Crippen LogP contribution in [0.15, 0.2) is 48.5 Å². The number of fused-ring (bicyclic) bond motifs is 3. The Labute approximate surface area is 204 Å². The molecular weight excluding hydrogens is 452 g/mol. The number of alkyl carbamates (subject to hydrolysis) is 1. The van der Waals surface area contributed by atoms with Gasteiger partial charge in [-0.2, -0.15) is 11.8 Å². The molecule has 0 spiro atoms. The molecule has 1 atom stereocenters. The number of benzene rings is 2. The first-order valence-electron chi connectivity index (χ1n) is 11.3. The minimum Gasteiger partial charge on any atom is -0.481 e. The number of carbonyl (C=O) groups excluding carboxylic acids is 2. The summed E-state index contributed by atoms with van der Waals surface area (Å²) < 4.78 is 5.58. The molecule has 1 unspecified atom stereocenters. The van der Waals surface area contributed by atoms with Crippen molar-refractivity contribution in [2.24, 2.45) is 5.41 Å². The van der Waals surface area contributed by atoms with Gasteiger partial charge < -0.3 is 20.5 Å². The van der Waals surface area contributed by atoms with E-state index in [-0.39, 0.29) is 31.4 Å². The van der Waals surface area contributed by atoms with Gasteiger partial charge in [0.1, 0.15) is 12.6 Å². The normalized spacial score (nSPS) is 13.5. The van der Waals surface area contributed by atoms with E-state index < -0.39 is 23.5 Å². The Morgan fingerprint density at radius 1 is 1.06 bits per heavy atom. The van der Waals surface area contributed by atoms with Gasteiger partial charge >= 0.3 is 12.1 Å². The summed E-state index contributed by atoms with van der Waals surface area (Å²) >= 11 is 1.57. The maximum Gasteiger partial charge on any atom is 0.407 e. The first-order chi connectivity index (χ1) is 16.2. The Morgan fingerprint density at radius 2 is 1.65 bits per heavy atom. The quantitative estimate of drug-likeness (QED) is 0.440. The fourth-order valence-corrected chi connectivity index (χ4v) is 4.68. The Balaban J connectivity index is 1.61. The van der Waals surface area contributed by atoms with Crippen LogP contribution in [0.25, 0.3) is 11.1 Å². The highest BCUT2D eigenvalue weighted by Gasteiger charge is 2.30. The van der Waals surface area contributed by atoms with Gasteiger partial charge in [0.25, 0.3) is 0 Å². The van der Waals surface area contributed by atoms with Crippen molar-refractivity contribution < 1.29 is 24.2 Å². The molecule has 34 heavy (non-hydrogen) atoms. The van der Waals surface area contributed by atoms with Gasteiger partial charge in [-0.1, -0.05) is 62.4 Å². The monoisotopic (exact) mass is 484 g/mol. The van der Waals surface area contributed by atoms with Gasteiger partial charge in [0.15, 0.2) is 0 Å². The summed E-state index contributed by atoms with van der Waals surface area (Å²) in [6, 6.07) is 15.4. The lowest BCUT2D eigenvalue weighted by Gasteiger charge is -2.25. The molecule has 1 aliphatic rings. The van der Waals surface area contributed by atoms with Crippen LogP contribution in [0, 0.1) is 5.41 Å². The molecule has 7 nitrogen and oxygen atoms in total. The van der Waals surface area contributed by atoms with E-state index in [2.05, 4.69) is 34.9 Å². The number of rotatable bonds is 11. The minimum absolute atomic E-state index is 0.0616. The lowest BCUT2D eigenvalue weighted by molar-refractivity contribution is -0.139. The van der Waals surface area contributed by atoms with Crippen molar-refractivity contribution in [1.29, 1.82) is 0 Å². The van der Waals surface area contributed by atoms with E-state index in [1.54, 1.807) is 25.6 Å². The molecule has 3 rings (SSSR count). The second kappa shape index (κ2) is 11.4. The van der Waals surface area contributed by atoms with E-state index in [4.69, 9.17) is 9.84 Å². The van der Waals surface area contributed by atoms with Gasteiger partial charge in [-0.05, 0) is 46.1 Å². The number of carbonyl (C=O) groups is 3. The first kappa shape index (κ1) is 25.6. The molecule has 2 aromatic rings. The maximum atomic E-state index is 12.8. The summed E-state index contributed by atoms with van der Waals surface area (Å²) in [7, 11) is 0. The van der Waals surface area contributed by atoms with E-state index in [1.807, 2.05) is 30.5 Å². The Morgan fingerprint density at radius 3 is 2.21 bits per heavy atom. The molecule has 0 saturated heterocycles. The predicted octanol–water partition coefficient (Wildman–Crippen LogP) is 4.26. The molecule has 2 amide bonds. The van der Waals surface area contributed by atoms with Crippen molar-refractivity contribution in [1.82, 2.24) is 10.6 Å². The smallest absolute Gasteiger partial charge is 0.407 e. The largest absolute Gasteiger partial charge is 0.481 e. The van der Waals surface area contributed by atoms with Crippen LogP contribution in [0.2, 0.25) is 0 Å². The standard InChI is InChI=1S/C26H32N2O5S/c1-26(2,14-23(29)30)16-27-24(31)22(12-13-34-3)28-25(32)33-15-21-19-10-6-4-8-17(19)18-9-5-7-11-20(18)21/h4-11,21-22H,12-16H2,1-3H3,(H,27,31)(H,28,32)(H,29,30). The number of carboxylic acids is 1. The van der Waals surface area contributed by atoms with Crippen LogP contribution >= 0.6 is 11.8 Å². The van der Waals surface area contributed by atoms with Crippen molar-refractivity contribution >= 4 is 29.7 Å². The van der Waals surface area contributed by atoms with Gasteiger partial charge in [-0.15, -0.1) is 0 Å². The molecule has 3 N–H and O–H groups in total. The van der Waals surface area contributed by atoms with Crippen LogP contribution in [0.5, 0.6) is 0 Å². The molecule has 1 aliphatic carbocycles. The fraction of sp³-hybridized carbons (Fsp3) is 0.423. The van der Waals surface area contributed by atoms with Crippen molar-refractivity contribution in [3.05, 3.63) is 59.7 Å². The summed E-state index contributed by atoms with van der Waals surface area (Å²) in [5.41, 5.74) is 3.93. The molecule has 0 fully saturated rings. The fourth-order valence-electron chi connectivity index (χ4n) is 4.21. The summed E-state index contributed by atoms with van der Waals surface area (Å²) in [4.78, 5) is 36.4. The number of hydrogen-bond donors (Lipinski definition) is 3. The number of ether oxygens (including phenoxy) is 1. The molecule has 0 aliphatic heterocycles. The number of aliphatic carboxylic acids is 1. The Bertz CT molecular complexity index is 994. The van der Waals surface area contributed by atoms with E-state index in [9.17, 15) is 14.4 Å². The highest BCUT2D eigenvalue weighted by molar-refractivity contribution is 7.98. The van der Waals surface area contributed by atoms with E-state index in [1.165, 1.54) is 0 Å². The summed E-state index contributed by atoms with van der Waals surface area (Å²) in [5.74, 6) is -0.648. The number of nitrogens with one attached hydrogen (secondary N) is 2. The van der Waals surface area contributed by atoms with Gasteiger partial charge in [0.05, 0.1) is 6.42 Å². The number of carboxylic acid groups (broad SMARTS) is 1. The van der Waals surface area contributed by atoms with Gasteiger partial charge in [-0.25, -0.2) is 4.79 Å². The molecule has 0 saturated carbocycles. The van der Waals surface area contributed by atoms with E-state index in [0.717, 1.165) is 22.3 Å². The summed E-state index contributed by atoms with van der Waals surface area (Å²) in [5, 5.41) is 14.5. The second-order valence-corrected chi connectivity index (χ2v) is 10.2. The Kier molecular flexibility index (Phi) is 8.61. The van der Waals surface area contributed by atoms with Crippen molar-refractivity contribution in [3.8, 4) is 11.1 Å². The zero-order valence-corrected chi connectivity index (χ0v) is 20.6. The average molecular weight is 485 g/mol. The predicted molar refractivity (Wildman–Crippen MR) is 134 cm³/mol. The minimum atomic E-state index is -0.921. The molecule has 2 aromatic carbocycles. The molecular formula is C26H32N2O5S. The topological polar surface area (TPSA) is 105 Å². The zero-order valence-electron chi connectivity index (χ0n) is 19.8. The molecule has 0 heterocycles. The summed E-state index contributed by atoms with van der Waals surface area (Å²) in [6.07, 6.45) is 1.66. The first-order valence-corrected chi connectivity index (χ1v) is 12.7. The molecule has 0 radical (unpaired) electrons. The van der Waals surface area contributed by atoms with Crippen LogP contribution in [0.1, 0.15) is 43.7 Å². The average Bonchev–Trinajstić information content (AvgIpc) is 3.12. The maximum absolute atomic E-state index is 12.8. The highest BCUT2D eigenvalue weighted by atomic mass is 32.2. The number of amides is 2. The van der Waals surface area contributed by atoms with Crippen LogP contribution in [0.3, 0.4) is 0 Å². The Hall–Kier alpha value is -3.00. The molecule has 0 aromatic heterocycles. The van der Waals surface area contributed by atoms with Crippen molar-refractivity contribution in [3.63, 3.8) is 0 Å². The molecule has 0 bridgehead atoms. The third-order valence-electron chi connectivity index (χ3n) is 5.93. The van der Waals surface area contributed by atoms with Gasteiger partial charge in [0.2, 0.25) is 5.91 Å². The van der Waals surface area contributed by atoms with Crippen LogP contribution < -0.4 is 10.6 Å². The zero-order chi connectivity index (χ0) is 24.7. The number of hydrogen-bond acceptors (Lipinski definition) is 5. The second-order valence-electron chi connectivity index (χ2n) is 9.26. The van der Waals surface area contributed by atoms with E-state index in [0.29, 0.717) is 12.2 Å². The lowest BCUT2D eigenvalue weighted by Crippen LogP contribution is -2.49. The van der Waals surface area contributed by atoms with Crippen LogP contribution in [-0.2, 0) is 14.3 Å². The lowest BCUT2D eigenvalue weighted by atomic mass is 9.89. The molecule has 8 heteroatoms. The van der Waals surface area contributed by atoms with Crippen molar-refractivity contribution in [2.45, 2.75) is 38.6 Å². The van der Waals surface area contributed by atoms with Gasteiger partial charge in [-0.3, -0.25) is 9.59 Å². The summed E-state index contributed by atoms with van der Waals surface area (Å²) in [6.45, 7) is 3.91. The van der Waals surface area contributed by atoms with Gasteiger partial charge in [0, 0.05) is 12.5 Å². The SMILES string of the molecule is CSCCC(NC(=O)OCC1c2ccccc2-c2ccccc21)C(=O)NCC(C)(C)CC(=O)O. The molecule has 182 valence electrons. The van der Waals surface area contributed by atoms with Crippen LogP contribution in [-0.4, -0.2) is 54.3 Å². The number of thioether (sulfide) groups is 1. The van der Waals surface area contributed by atoms with Crippen molar-refractivity contribution in [2.75, 3.05) is 25.2 Å². The highest BCUT2D eigenvalue weighted by Crippen LogP contribution is 2.44. The third kappa shape index (κ3) is 6.53. The third-order valence-corrected chi connectivity index (χ3v) is 6.58. The van der Waals surface area contributed by atoms with Crippen LogP contribution in [0.4, 0.5) is 4.79 Å².